The number of amides is 1. The summed E-state index contributed by atoms with van der Waals surface area (Å²) in [5.74, 6) is -0.151. The van der Waals surface area contributed by atoms with Crippen molar-refractivity contribution in [3.63, 3.8) is 0 Å². The number of rotatable bonds is 7. The van der Waals surface area contributed by atoms with E-state index in [1.165, 1.54) is 12.1 Å². The van der Waals surface area contributed by atoms with E-state index in [1.807, 2.05) is 18.2 Å². The highest BCUT2D eigenvalue weighted by Crippen LogP contribution is 2.43. The van der Waals surface area contributed by atoms with Crippen molar-refractivity contribution in [2.75, 3.05) is 42.9 Å². The molecule has 4 nitrogen and oxygen atoms in total. The van der Waals surface area contributed by atoms with Crippen LogP contribution in [0.25, 0.3) is 0 Å². The van der Waals surface area contributed by atoms with E-state index >= 15 is 0 Å². The summed E-state index contributed by atoms with van der Waals surface area (Å²) in [7, 11) is 0. The topological polar surface area (TPSA) is 35.6 Å². The molecule has 1 N–H and O–H groups in total. The van der Waals surface area contributed by atoms with Crippen molar-refractivity contribution in [2.24, 2.45) is 0 Å². The van der Waals surface area contributed by atoms with Gasteiger partial charge in [0.05, 0.1) is 16.1 Å². The lowest BCUT2D eigenvalue weighted by Crippen LogP contribution is -2.46. The Labute approximate surface area is 183 Å². The van der Waals surface area contributed by atoms with Crippen LogP contribution in [0.3, 0.4) is 0 Å². The number of hydrogen-bond donors (Lipinski definition) is 1. The van der Waals surface area contributed by atoms with Crippen molar-refractivity contribution in [1.82, 2.24) is 4.90 Å². The van der Waals surface area contributed by atoms with Gasteiger partial charge in [-0.2, -0.15) is 0 Å². The van der Waals surface area contributed by atoms with E-state index in [4.69, 9.17) is 11.6 Å². The molecular formula is C24H29ClFN3O. The molecule has 2 aromatic carbocycles. The molecule has 160 valence electrons. The predicted molar refractivity (Wildman–Crippen MR) is 121 cm³/mol. The lowest BCUT2D eigenvalue weighted by atomic mass is 9.75. The second-order valence-corrected chi connectivity index (χ2v) is 8.72. The van der Waals surface area contributed by atoms with Gasteiger partial charge in [-0.3, -0.25) is 9.69 Å². The molecule has 1 unspecified atom stereocenters. The maximum Gasteiger partial charge on any atom is 0.235 e. The number of carbonyl (C=O) groups excluding carboxylic acids is 1. The molecule has 2 aliphatic heterocycles. The molecule has 0 aromatic heterocycles. The third-order valence-corrected chi connectivity index (χ3v) is 6.98. The molecule has 1 amide bonds. The average Bonchev–Trinajstić information content (AvgIpc) is 3.03. The Hall–Kier alpha value is -2.11. The van der Waals surface area contributed by atoms with Crippen molar-refractivity contribution < 1.29 is 9.18 Å². The number of hydrogen-bond acceptors (Lipinski definition) is 3. The summed E-state index contributed by atoms with van der Waals surface area (Å²) in [4.78, 5) is 17.4. The zero-order chi connectivity index (χ0) is 21.1. The first kappa shape index (κ1) is 21.1. The molecule has 4 rings (SSSR count). The first-order valence-corrected chi connectivity index (χ1v) is 11.2. The minimum atomic E-state index is -0.380. The summed E-state index contributed by atoms with van der Waals surface area (Å²) in [5, 5.41) is 3.54. The van der Waals surface area contributed by atoms with Gasteiger partial charge >= 0.3 is 0 Å². The van der Waals surface area contributed by atoms with Crippen LogP contribution in [0.15, 0.2) is 42.5 Å². The Balaban J connectivity index is 1.26. The molecule has 2 aliphatic rings. The predicted octanol–water partition coefficient (Wildman–Crippen LogP) is 5.07. The van der Waals surface area contributed by atoms with Crippen LogP contribution in [0.1, 0.15) is 38.2 Å². The quantitative estimate of drug-likeness (QED) is 0.624. The van der Waals surface area contributed by atoms with Crippen molar-refractivity contribution in [1.29, 1.82) is 0 Å². The van der Waals surface area contributed by atoms with Crippen LogP contribution in [0.2, 0.25) is 5.02 Å². The number of nitrogens with one attached hydrogen (secondary N) is 1. The van der Waals surface area contributed by atoms with Crippen LogP contribution < -0.4 is 10.2 Å². The highest BCUT2D eigenvalue weighted by atomic mass is 35.5. The summed E-state index contributed by atoms with van der Waals surface area (Å²) in [6.45, 7) is 6.86. The molecule has 0 radical (unpaired) electrons. The molecule has 1 fully saturated rings. The minimum Gasteiger partial charge on any atom is -0.368 e. The van der Waals surface area contributed by atoms with Crippen molar-refractivity contribution in [3.05, 3.63) is 58.9 Å². The molecule has 30 heavy (non-hydrogen) atoms. The maximum atomic E-state index is 13.3. The summed E-state index contributed by atoms with van der Waals surface area (Å²) in [6.07, 6.45) is 3.82. The molecule has 0 spiro atoms. The van der Waals surface area contributed by atoms with Gasteiger partial charge in [0.2, 0.25) is 5.91 Å². The van der Waals surface area contributed by atoms with Crippen LogP contribution in [0.4, 0.5) is 15.8 Å². The number of nitrogens with zero attached hydrogens (tertiary/aromatic N) is 2. The first-order valence-electron chi connectivity index (χ1n) is 10.9. The molecular weight excluding hydrogens is 401 g/mol. The Morgan fingerprint density at radius 2 is 1.87 bits per heavy atom. The normalized spacial score (nSPS) is 21.6. The number of carbonyl (C=O) groups is 1. The smallest absolute Gasteiger partial charge is 0.235 e. The van der Waals surface area contributed by atoms with Gasteiger partial charge in [0, 0.05) is 31.9 Å². The Kier molecular flexibility index (Phi) is 6.30. The molecule has 0 aliphatic carbocycles. The molecule has 0 saturated carbocycles. The van der Waals surface area contributed by atoms with Gasteiger partial charge in [-0.15, -0.1) is 0 Å². The van der Waals surface area contributed by atoms with E-state index in [0.717, 1.165) is 75.3 Å². The fourth-order valence-electron chi connectivity index (χ4n) is 4.86. The summed E-state index contributed by atoms with van der Waals surface area (Å²) in [6, 6.07) is 12.7. The SMILES string of the molecule is CCC1(CCCCN2CCN(c3ccc(F)cc3Cl)CC2)C(=O)Nc2ccccc21. The van der Waals surface area contributed by atoms with Gasteiger partial charge in [0.1, 0.15) is 5.82 Å². The standard InChI is InChI=1S/C24H29ClFN3O/c1-2-24(19-7-3-4-8-21(19)27-23(24)30)11-5-6-12-28-13-15-29(16-14-28)22-10-9-18(26)17-20(22)25/h3-4,7-10,17H,2,5-6,11-16H2,1H3,(H,27,30). The second kappa shape index (κ2) is 8.94. The number of piperazine rings is 1. The Bertz CT molecular complexity index is 913. The number of benzene rings is 2. The minimum absolute atomic E-state index is 0.149. The van der Waals surface area contributed by atoms with Crippen molar-refractivity contribution in [3.8, 4) is 0 Å². The lowest BCUT2D eigenvalue weighted by Gasteiger charge is -2.36. The van der Waals surface area contributed by atoms with Gasteiger partial charge in [0.25, 0.3) is 0 Å². The third kappa shape index (κ3) is 4.06. The van der Waals surface area contributed by atoms with Crippen molar-refractivity contribution >= 4 is 28.9 Å². The van der Waals surface area contributed by atoms with Gasteiger partial charge in [0.15, 0.2) is 0 Å². The molecule has 2 heterocycles. The molecule has 2 aromatic rings. The monoisotopic (exact) mass is 429 g/mol. The number of halogens is 2. The van der Waals surface area contributed by atoms with Crippen LogP contribution in [0, 0.1) is 5.82 Å². The highest BCUT2D eigenvalue weighted by molar-refractivity contribution is 6.33. The fourth-order valence-corrected chi connectivity index (χ4v) is 5.15. The summed E-state index contributed by atoms with van der Waals surface area (Å²) < 4.78 is 13.3. The molecule has 0 bridgehead atoms. The zero-order valence-electron chi connectivity index (χ0n) is 17.5. The van der Waals surface area contributed by atoms with Crippen LogP contribution in [0.5, 0.6) is 0 Å². The average molecular weight is 430 g/mol. The van der Waals surface area contributed by atoms with E-state index in [-0.39, 0.29) is 17.1 Å². The summed E-state index contributed by atoms with van der Waals surface area (Å²) >= 11 is 6.21. The number of fused-ring (bicyclic) bond motifs is 1. The third-order valence-electron chi connectivity index (χ3n) is 6.68. The van der Waals surface area contributed by atoms with E-state index < -0.39 is 0 Å². The van der Waals surface area contributed by atoms with Gasteiger partial charge in [-0.1, -0.05) is 43.1 Å². The first-order chi connectivity index (χ1) is 14.5. The number of para-hydroxylation sites is 1. The van der Waals surface area contributed by atoms with Gasteiger partial charge in [-0.25, -0.2) is 4.39 Å². The van der Waals surface area contributed by atoms with E-state index in [2.05, 4.69) is 28.1 Å². The largest absolute Gasteiger partial charge is 0.368 e. The van der Waals surface area contributed by atoms with Gasteiger partial charge < -0.3 is 10.2 Å². The van der Waals surface area contributed by atoms with E-state index in [0.29, 0.717) is 5.02 Å². The Morgan fingerprint density at radius 1 is 1.10 bits per heavy atom. The molecule has 1 saturated heterocycles. The van der Waals surface area contributed by atoms with E-state index in [1.54, 1.807) is 6.07 Å². The molecule has 6 heteroatoms. The number of anilines is 2. The maximum absolute atomic E-state index is 13.3. The lowest BCUT2D eigenvalue weighted by molar-refractivity contribution is -0.121. The van der Waals surface area contributed by atoms with Crippen LogP contribution in [-0.4, -0.2) is 43.5 Å². The van der Waals surface area contributed by atoms with Crippen molar-refractivity contribution in [2.45, 2.75) is 38.0 Å². The van der Waals surface area contributed by atoms with E-state index in [9.17, 15) is 9.18 Å². The summed E-state index contributed by atoms with van der Waals surface area (Å²) in [5.41, 5.74) is 2.66. The van der Waals surface area contributed by atoms with Gasteiger partial charge in [-0.05, 0) is 55.6 Å². The Morgan fingerprint density at radius 3 is 2.60 bits per heavy atom. The fraction of sp³-hybridized carbons (Fsp3) is 0.458. The van der Waals surface area contributed by atoms with Crippen LogP contribution in [-0.2, 0) is 10.2 Å². The molecule has 1 atom stereocenters. The zero-order valence-corrected chi connectivity index (χ0v) is 18.2. The number of unbranched alkanes of at least 4 members (excludes halogenated alkanes) is 1. The highest BCUT2D eigenvalue weighted by Gasteiger charge is 2.44. The second-order valence-electron chi connectivity index (χ2n) is 8.32. The van der Waals surface area contributed by atoms with Crippen LogP contribution >= 0.6 is 11.6 Å².